The highest BCUT2D eigenvalue weighted by Gasteiger charge is 2.14. The lowest BCUT2D eigenvalue weighted by molar-refractivity contribution is -0.117. The van der Waals surface area contributed by atoms with Crippen LogP contribution in [-0.4, -0.2) is 5.78 Å². The van der Waals surface area contributed by atoms with E-state index < -0.39 is 0 Å². The van der Waals surface area contributed by atoms with Crippen LogP contribution in [0.15, 0.2) is 54.7 Å². The predicted molar refractivity (Wildman–Crippen MR) is 86.5 cm³/mol. The highest BCUT2D eigenvalue weighted by atomic mass is 16.1. The van der Waals surface area contributed by atoms with E-state index in [0.29, 0.717) is 12.8 Å². The molecule has 0 fully saturated rings. The van der Waals surface area contributed by atoms with Crippen LogP contribution >= 0.6 is 0 Å². The monoisotopic (exact) mass is 277 g/mol. The summed E-state index contributed by atoms with van der Waals surface area (Å²) in [4.78, 5) is 12.2. The molecule has 0 radical (unpaired) electrons. The summed E-state index contributed by atoms with van der Waals surface area (Å²) in [6, 6.07) is 14.4. The highest BCUT2D eigenvalue weighted by Crippen LogP contribution is 2.28. The molecule has 0 spiro atoms. The molecule has 0 amide bonds. The van der Waals surface area contributed by atoms with Crippen LogP contribution in [-0.2, 0) is 24.1 Å². The molecular weight excluding hydrogens is 258 g/mol. The molecule has 2 aromatic rings. The van der Waals surface area contributed by atoms with Crippen molar-refractivity contribution in [2.75, 3.05) is 5.32 Å². The van der Waals surface area contributed by atoms with E-state index in [1.165, 1.54) is 11.1 Å². The van der Waals surface area contributed by atoms with Crippen molar-refractivity contribution in [2.45, 2.75) is 26.2 Å². The van der Waals surface area contributed by atoms with Gasteiger partial charge in [-0.1, -0.05) is 48.5 Å². The summed E-state index contributed by atoms with van der Waals surface area (Å²) in [5.41, 5.74) is 6.77. The molecule has 106 valence electrons. The van der Waals surface area contributed by atoms with Crippen LogP contribution in [0.2, 0.25) is 0 Å². The Hall–Kier alpha value is -2.35. The Balaban J connectivity index is 1.66. The molecule has 1 N–H and O–H groups in total. The first kappa shape index (κ1) is 13.6. The molecule has 1 heterocycles. The van der Waals surface area contributed by atoms with Crippen LogP contribution in [0.5, 0.6) is 0 Å². The topological polar surface area (TPSA) is 29.1 Å². The molecule has 1 aliphatic rings. The summed E-state index contributed by atoms with van der Waals surface area (Å²) in [6.45, 7) is 6.00. The SMILES string of the molecule is C=C1Cc2cc(CC(=O)Cc3ccc(C)cc3)ccc2N1. The molecule has 0 saturated carbocycles. The fourth-order valence-corrected chi connectivity index (χ4v) is 2.71. The van der Waals surface area contributed by atoms with E-state index in [2.05, 4.69) is 37.0 Å². The Morgan fingerprint density at radius 1 is 1.10 bits per heavy atom. The molecule has 0 unspecified atom stereocenters. The van der Waals surface area contributed by atoms with Crippen molar-refractivity contribution in [2.24, 2.45) is 0 Å². The van der Waals surface area contributed by atoms with Crippen molar-refractivity contribution in [1.29, 1.82) is 0 Å². The van der Waals surface area contributed by atoms with Crippen molar-refractivity contribution >= 4 is 11.5 Å². The van der Waals surface area contributed by atoms with E-state index in [9.17, 15) is 4.79 Å². The van der Waals surface area contributed by atoms with Crippen LogP contribution in [0, 0.1) is 6.92 Å². The van der Waals surface area contributed by atoms with Crippen LogP contribution < -0.4 is 5.32 Å². The van der Waals surface area contributed by atoms with E-state index in [4.69, 9.17) is 0 Å². The van der Waals surface area contributed by atoms with E-state index in [1.807, 2.05) is 24.3 Å². The quantitative estimate of drug-likeness (QED) is 0.920. The summed E-state index contributed by atoms with van der Waals surface area (Å²) in [6.07, 6.45) is 1.85. The van der Waals surface area contributed by atoms with Gasteiger partial charge < -0.3 is 5.32 Å². The van der Waals surface area contributed by atoms with Gasteiger partial charge in [-0.15, -0.1) is 0 Å². The lowest BCUT2D eigenvalue weighted by atomic mass is 10.00. The smallest absolute Gasteiger partial charge is 0.141 e. The second-order valence-electron chi connectivity index (χ2n) is 5.77. The zero-order chi connectivity index (χ0) is 14.8. The summed E-state index contributed by atoms with van der Waals surface area (Å²) >= 11 is 0. The van der Waals surface area contributed by atoms with Gasteiger partial charge in [0.15, 0.2) is 0 Å². The predicted octanol–water partition coefficient (Wildman–Crippen LogP) is 3.83. The Labute approximate surface area is 125 Å². The molecular formula is C19H19NO. The number of hydrogen-bond acceptors (Lipinski definition) is 2. The van der Waals surface area contributed by atoms with Crippen molar-refractivity contribution < 1.29 is 4.79 Å². The summed E-state index contributed by atoms with van der Waals surface area (Å²) < 4.78 is 0. The van der Waals surface area contributed by atoms with Gasteiger partial charge in [0.1, 0.15) is 5.78 Å². The summed E-state index contributed by atoms with van der Waals surface area (Å²) in [5.74, 6) is 0.253. The Morgan fingerprint density at radius 2 is 1.76 bits per heavy atom. The average molecular weight is 277 g/mol. The molecule has 21 heavy (non-hydrogen) atoms. The fraction of sp³-hybridized carbons (Fsp3) is 0.211. The molecule has 3 rings (SSSR count). The lowest BCUT2D eigenvalue weighted by Gasteiger charge is -2.05. The zero-order valence-electron chi connectivity index (χ0n) is 12.3. The number of anilines is 1. The maximum absolute atomic E-state index is 12.2. The molecule has 1 aliphatic heterocycles. The van der Waals surface area contributed by atoms with Gasteiger partial charge in [0, 0.05) is 30.6 Å². The maximum atomic E-state index is 12.2. The number of aryl methyl sites for hydroxylation is 1. The van der Waals surface area contributed by atoms with E-state index in [1.54, 1.807) is 0 Å². The third-order valence-electron chi connectivity index (χ3n) is 3.81. The van der Waals surface area contributed by atoms with Crippen molar-refractivity contribution in [3.63, 3.8) is 0 Å². The first-order chi connectivity index (χ1) is 10.1. The molecule has 2 nitrogen and oxygen atoms in total. The van der Waals surface area contributed by atoms with Crippen LogP contribution in [0.3, 0.4) is 0 Å². The number of rotatable bonds is 4. The summed E-state index contributed by atoms with van der Waals surface area (Å²) in [5, 5.41) is 3.24. The zero-order valence-corrected chi connectivity index (χ0v) is 12.3. The van der Waals surface area contributed by atoms with Crippen LogP contribution in [0.4, 0.5) is 5.69 Å². The number of carbonyl (C=O) groups excluding carboxylic acids is 1. The van der Waals surface area contributed by atoms with Crippen LogP contribution in [0.25, 0.3) is 0 Å². The van der Waals surface area contributed by atoms with Gasteiger partial charge in [0.2, 0.25) is 0 Å². The molecule has 0 bridgehead atoms. The number of Topliss-reactive ketones (excluding diaryl/α,β-unsaturated/α-hetero) is 1. The lowest BCUT2D eigenvalue weighted by Crippen LogP contribution is -2.06. The first-order valence-electron chi connectivity index (χ1n) is 7.24. The van der Waals surface area contributed by atoms with Gasteiger partial charge in [-0.05, 0) is 29.7 Å². The number of ketones is 1. The molecule has 0 aromatic heterocycles. The van der Waals surface area contributed by atoms with E-state index >= 15 is 0 Å². The maximum Gasteiger partial charge on any atom is 0.141 e. The minimum atomic E-state index is 0.253. The second kappa shape index (κ2) is 5.57. The Kier molecular flexibility index (Phi) is 3.61. The number of carbonyl (C=O) groups is 1. The number of hydrogen-bond donors (Lipinski definition) is 1. The number of nitrogens with one attached hydrogen (secondary N) is 1. The normalized spacial score (nSPS) is 12.9. The average Bonchev–Trinajstić information content (AvgIpc) is 2.80. The van der Waals surface area contributed by atoms with Gasteiger partial charge in [0.05, 0.1) is 0 Å². The summed E-state index contributed by atoms with van der Waals surface area (Å²) in [7, 11) is 0. The number of fused-ring (bicyclic) bond motifs is 1. The number of allylic oxidation sites excluding steroid dienone is 1. The molecule has 0 atom stereocenters. The van der Waals surface area contributed by atoms with Crippen molar-refractivity contribution in [3.8, 4) is 0 Å². The van der Waals surface area contributed by atoms with Crippen molar-refractivity contribution in [3.05, 3.63) is 77.0 Å². The molecule has 0 saturated heterocycles. The first-order valence-corrected chi connectivity index (χ1v) is 7.24. The van der Waals surface area contributed by atoms with Gasteiger partial charge in [-0.3, -0.25) is 4.79 Å². The Bertz CT molecular complexity index is 698. The molecule has 2 heteroatoms. The van der Waals surface area contributed by atoms with E-state index in [0.717, 1.165) is 28.9 Å². The second-order valence-corrected chi connectivity index (χ2v) is 5.77. The Morgan fingerprint density at radius 3 is 2.52 bits per heavy atom. The fourth-order valence-electron chi connectivity index (χ4n) is 2.71. The largest absolute Gasteiger partial charge is 0.359 e. The van der Waals surface area contributed by atoms with E-state index in [-0.39, 0.29) is 5.78 Å². The standard InChI is InChI=1S/C19H19NO/c1-13-3-5-15(6-4-13)11-18(21)12-16-7-8-19-17(10-16)9-14(2)20-19/h3-8,10,20H,2,9,11-12H2,1H3. The van der Waals surface area contributed by atoms with Gasteiger partial charge >= 0.3 is 0 Å². The van der Waals surface area contributed by atoms with Gasteiger partial charge in [-0.2, -0.15) is 0 Å². The van der Waals surface area contributed by atoms with Crippen molar-refractivity contribution in [1.82, 2.24) is 0 Å². The minimum absolute atomic E-state index is 0.253. The highest BCUT2D eigenvalue weighted by molar-refractivity contribution is 5.83. The van der Waals surface area contributed by atoms with Gasteiger partial charge in [0.25, 0.3) is 0 Å². The minimum Gasteiger partial charge on any atom is -0.359 e. The van der Waals surface area contributed by atoms with Crippen LogP contribution in [0.1, 0.15) is 22.3 Å². The van der Waals surface area contributed by atoms with Gasteiger partial charge in [-0.25, -0.2) is 0 Å². The third kappa shape index (κ3) is 3.22. The number of benzene rings is 2. The third-order valence-corrected chi connectivity index (χ3v) is 3.81. The molecule has 2 aromatic carbocycles. The molecule has 0 aliphatic carbocycles.